The Morgan fingerprint density at radius 3 is 2.58 bits per heavy atom. The average Bonchev–Trinajstić information content (AvgIpc) is 3.49. The monoisotopic (exact) mass is 594 g/mol. The van der Waals surface area contributed by atoms with Crippen molar-refractivity contribution in [3.63, 3.8) is 0 Å². The van der Waals surface area contributed by atoms with Gasteiger partial charge in [-0.05, 0) is 82.4 Å². The van der Waals surface area contributed by atoms with Gasteiger partial charge in [-0.3, -0.25) is 14.4 Å². The van der Waals surface area contributed by atoms with E-state index < -0.39 is 35.0 Å². The van der Waals surface area contributed by atoms with Crippen LogP contribution in [0.2, 0.25) is 0 Å². The summed E-state index contributed by atoms with van der Waals surface area (Å²) in [7, 11) is 0. The number of unbranched alkanes of at least 4 members (excludes halogenated alkanes) is 5. The molecule has 0 aromatic heterocycles. The van der Waals surface area contributed by atoms with Crippen LogP contribution in [0, 0.1) is 31.6 Å². The van der Waals surface area contributed by atoms with E-state index >= 15 is 0 Å². The SMILES string of the molecule is C=CCCCCOC(=O)[C@@H]1[C@H]2C(=O)N(CCCCCCO)C(C(=O)N(CC=C)c3cc(C)ccc3C)C23CC(C)[C@@]1(C)O3. The van der Waals surface area contributed by atoms with Crippen molar-refractivity contribution < 1.29 is 29.0 Å². The number of rotatable bonds is 16. The molecule has 3 fully saturated rings. The van der Waals surface area contributed by atoms with Crippen LogP contribution in [0.15, 0.2) is 43.5 Å². The van der Waals surface area contributed by atoms with Gasteiger partial charge in [-0.1, -0.05) is 44.1 Å². The molecule has 1 N–H and O–H groups in total. The highest BCUT2D eigenvalue weighted by molar-refractivity contribution is 6.05. The maximum absolute atomic E-state index is 14.8. The van der Waals surface area contributed by atoms with E-state index in [0.717, 1.165) is 48.9 Å². The highest BCUT2D eigenvalue weighted by atomic mass is 16.6. The molecule has 8 heteroatoms. The largest absolute Gasteiger partial charge is 0.465 e. The van der Waals surface area contributed by atoms with Crippen LogP contribution in [0.5, 0.6) is 0 Å². The van der Waals surface area contributed by atoms with Crippen molar-refractivity contribution in [1.82, 2.24) is 4.90 Å². The van der Waals surface area contributed by atoms with Crippen LogP contribution in [0.25, 0.3) is 0 Å². The fourth-order valence-corrected chi connectivity index (χ4v) is 7.61. The Hall–Kier alpha value is -2.97. The Bertz CT molecular complexity index is 1210. The molecular formula is C35H50N2O6. The van der Waals surface area contributed by atoms with Gasteiger partial charge >= 0.3 is 5.97 Å². The molecule has 2 bridgehead atoms. The first-order chi connectivity index (χ1) is 20.6. The predicted octanol–water partition coefficient (Wildman–Crippen LogP) is 5.29. The Morgan fingerprint density at radius 2 is 1.88 bits per heavy atom. The van der Waals surface area contributed by atoms with E-state index in [4.69, 9.17) is 9.47 Å². The van der Waals surface area contributed by atoms with Crippen LogP contribution in [-0.4, -0.2) is 71.3 Å². The standard InChI is InChI=1S/C35H50N2O6/c1-7-9-10-15-21-42-33(41)29-28-31(39)37(19-13-11-12-14-20-38)30(35(28)23-26(5)34(29,6)43-35)32(40)36(18-8-2)27-22-24(3)16-17-25(27)4/h7-8,16-17,22,26,28-30,38H,1-2,9-15,18-21,23H2,3-6H3/t26?,28-,29-,30?,34+,35?/m0/s1. The number of esters is 1. The van der Waals surface area contributed by atoms with E-state index in [2.05, 4.69) is 13.2 Å². The minimum Gasteiger partial charge on any atom is -0.465 e. The molecule has 3 aliphatic heterocycles. The molecule has 4 rings (SSSR count). The van der Waals surface area contributed by atoms with Gasteiger partial charge in [-0.15, -0.1) is 13.2 Å². The molecule has 1 aromatic carbocycles. The Balaban J connectivity index is 1.72. The zero-order chi connectivity index (χ0) is 31.4. The quantitative estimate of drug-likeness (QED) is 0.159. The number of ether oxygens (including phenoxy) is 2. The summed E-state index contributed by atoms with van der Waals surface area (Å²) in [6, 6.07) is 5.12. The van der Waals surface area contributed by atoms with E-state index in [-0.39, 0.29) is 37.5 Å². The number of anilines is 1. The third-order valence-electron chi connectivity index (χ3n) is 9.89. The number of carbonyl (C=O) groups is 3. The number of likely N-dealkylation sites (tertiary alicyclic amines) is 1. The number of carbonyl (C=O) groups excluding carboxylic acids is 3. The van der Waals surface area contributed by atoms with Crippen LogP contribution < -0.4 is 4.90 Å². The number of aliphatic hydroxyl groups is 1. The van der Waals surface area contributed by atoms with Crippen LogP contribution in [0.4, 0.5) is 5.69 Å². The number of amides is 2. The van der Waals surface area contributed by atoms with Gasteiger partial charge in [0.05, 0.1) is 18.1 Å². The third-order valence-corrected chi connectivity index (χ3v) is 9.89. The number of benzene rings is 1. The highest BCUT2D eigenvalue weighted by Gasteiger charge is 2.80. The first-order valence-corrected chi connectivity index (χ1v) is 16.0. The smallest absolute Gasteiger partial charge is 0.312 e. The van der Waals surface area contributed by atoms with Crippen molar-refractivity contribution in [3.8, 4) is 0 Å². The zero-order valence-electron chi connectivity index (χ0n) is 26.5. The van der Waals surface area contributed by atoms with Gasteiger partial charge in [0.1, 0.15) is 17.6 Å². The van der Waals surface area contributed by atoms with Gasteiger partial charge in [-0.2, -0.15) is 0 Å². The number of nitrogens with zero attached hydrogens (tertiary/aromatic N) is 2. The summed E-state index contributed by atoms with van der Waals surface area (Å²) in [6.45, 7) is 16.7. The molecule has 3 aliphatic rings. The van der Waals surface area contributed by atoms with Crippen molar-refractivity contribution >= 4 is 23.5 Å². The number of allylic oxidation sites excluding steroid dienone is 1. The van der Waals surface area contributed by atoms with Gasteiger partial charge in [0.15, 0.2) is 0 Å². The van der Waals surface area contributed by atoms with Crippen LogP contribution in [0.1, 0.15) is 76.3 Å². The molecule has 0 saturated carbocycles. The zero-order valence-corrected chi connectivity index (χ0v) is 26.5. The number of aryl methyl sites for hydroxylation is 2. The summed E-state index contributed by atoms with van der Waals surface area (Å²) in [4.78, 5) is 46.4. The topological polar surface area (TPSA) is 96.4 Å². The number of aliphatic hydroxyl groups excluding tert-OH is 1. The molecule has 2 amide bonds. The molecule has 1 spiro atoms. The average molecular weight is 595 g/mol. The molecule has 0 radical (unpaired) electrons. The molecule has 3 saturated heterocycles. The molecule has 3 heterocycles. The minimum absolute atomic E-state index is 0.0526. The summed E-state index contributed by atoms with van der Waals surface area (Å²) in [5.74, 6) is -2.46. The van der Waals surface area contributed by atoms with Crippen molar-refractivity contribution in [2.45, 2.75) is 96.3 Å². The molecule has 43 heavy (non-hydrogen) atoms. The fourth-order valence-electron chi connectivity index (χ4n) is 7.61. The number of hydrogen-bond donors (Lipinski definition) is 1. The second-order valence-electron chi connectivity index (χ2n) is 12.9. The molecule has 8 nitrogen and oxygen atoms in total. The third kappa shape index (κ3) is 6.05. The van der Waals surface area contributed by atoms with Gasteiger partial charge in [0, 0.05) is 25.4 Å². The van der Waals surface area contributed by atoms with Crippen molar-refractivity contribution in [2.75, 3.05) is 31.2 Å². The maximum atomic E-state index is 14.8. The minimum atomic E-state index is -1.13. The van der Waals surface area contributed by atoms with Crippen LogP contribution in [0.3, 0.4) is 0 Å². The molecule has 1 aromatic rings. The maximum Gasteiger partial charge on any atom is 0.312 e. The molecule has 0 aliphatic carbocycles. The van der Waals surface area contributed by atoms with E-state index in [9.17, 15) is 19.5 Å². The summed E-state index contributed by atoms with van der Waals surface area (Å²) in [6.07, 6.45) is 9.54. The van der Waals surface area contributed by atoms with Gasteiger partial charge in [0.25, 0.3) is 5.91 Å². The van der Waals surface area contributed by atoms with Crippen LogP contribution >= 0.6 is 0 Å². The normalized spacial score (nSPS) is 29.0. The first kappa shape index (κ1) is 32.9. The lowest BCUT2D eigenvalue weighted by atomic mass is 9.62. The van der Waals surface area contributed by atoms with Crippen LogP contribution in [-0.2, 0) is 23.9 Å². The van der Waals surface area contributed by atoms with E-state index in [1.807, 2.05) is 52.0 Å². The number of fused-ring (bicyclic) bond motifs is 1. The summed E-state index contributed by atoms with van der Waals surface area (Å²) < 4.78 is 12.7. The highest BCUT2D eigenvalue weighted by Crippen LogP contribution is 2.65. The molecule has 236 valence electrons. The Morgan fingerprint density at radius 1 is 1.14 bits per heavy atom. The van der Waals surface area contributed by atoms with Gasteiger partial charge in [0.2, 0.25) is 5.91 Å². The second-order valence-corrected chi connectivity index (χ2v) is 12.9. The lowest BCUT2D eigenvalue weighted by molar-refractivity contribution is -0.161. The van der Waals surface area contributed by atoms with Crippen molar-refractivity contribution in [2.24, 2.45) is 17.8 Å². The van der Waals surface area contributed by atoms with E-state index in [1.165, 1.54) is 0 Å². The first-order valence-electron chi connectivity index (χ1n) is 16.0. The van der Waals surface area contributed by atoms with Crippen molar-refractivity contribution in [1.29, 1.82) is 0 Å². The summed E-state index contributed by atoms with van der Waals surface area (Å²) in [5, 5.41) is 9.22. The van der Waals surface area contributed by atoms with E-state index in [0.29, 0.717) is 25.8 Å². The molecular weight excluding hydrogens is 544 g/mol. The Kier molecular flexibility index (Phi) is 10.5. The summed E-state index contributed by atoms with van der Waals surface area (Å²) in [5.41, 5.74) is 0.716. The molecule has 6 atom stereocenters. The molecule has 3 unspecified atom stereocenters. The lowest BCUT2D eigenvalue weighted by Gasteiger charge is -2.37. The Labute approximate surface area is 257 Å². The lowest BCUT2D eigenvalue weighted by Crippen LogP contribution is -2.57. The van der Waals surface area contributed by atoms with E-state index in [1.54, 1.807) is 15.9 Å². The van der Waals surface area contributed by atoms with Gasteiger partial charge < -0.3 is 24.4 Å². The van der Waals surface area contributed by atoms with Crippen molar-refractivity contribution in [3.05, 3.63) is 54.6 Å². The van der Waals surface area contributed by atoms with Gasteiger partial charge in [-0.25, -0.2) is 0 Å². The second kappa shape index (κ2) is 13.8. The predicted molar refractivity (Wildman–Crippen MR) is 168 cm³/mol. The number of hydrogen-bond acceptors (Lipinski definition) is 6. The summed E-state index contributed by atoms with van der Waals surface area (Å²) >= 11 is 0. The fraction of sp³-hybridized carbons (Fsp3) is 0.629.